The van der Waals surface area contributed by atoms with E-state index < -0.39 is 0 Å². The van der Waals surface area contributed by atoms with Crippen molar-refractivity contribution in [1.29, 1.82) is 0 Å². The van der Waals surface area contributed by atoms with Crippen LogP contribution < -0.4 is 14.2 Å². The smallest absolute Gasteiger partial charge is 0.231 e. The molecule has 0 unspecified atom stereocenters. The van der Waals surface area contributed by atoms with Gasteiger partial charge in [-0.25, -0.2) is 0 Å². The zero-order valence-corrected chi connectivity index (χ0v) is 16.9. The van der Waals surface area contributed by atoms with E-state index in [0.29, 0.717) is 29.1 Å². The zero-order chi connectivity index (χ0) is 19.9. The Hall–Kier alpha value is -2.38. The molecule has 7 heteroatoms. The lowest BCUT2D eigenvalue weighted by Gasteiger charge is -2.36. The minimum absolute atomic E-state index is 0.0373. The lowest BCUT2D eigenvalue weighted by atomic mass is 9.70. The highest BCUT2D eigenvalue weighted by Gasteiger charge is 2.54. The molecule has 0 amide bonds. The van der Waals surface area contributed by atoms with Gasteiger partial charge in [-0.05, 0) is 35.1 Å². The van der Waals surface area contributed by atoms with Crippen molar-refractivity contribution in [2.24, 2.45) is 11.8 Å². The van der Waals surface area contributed by atoms with Crippen LogP contribution in [0.5, 0.6) is 17.2 Å². The Morgan fingerprint density at radius 3 is 2.55 bits per heavy atom. The maximum Gasteiger partial charge on any atom is 0.231 e. The molecule has 1 aromatic carbocycles. The van der Waals surface area contributed by atoms with E-state index in [1.54, 1.807) is 14.2 Å². The van der Waals surface area contributed by atoms with Gasteiger partial charge in [-0.3, -0.25) is 0 Å². The molecule has 7 nitrogen and oxygen atoms in total. The van der Waals surface area contributed by atoms with Crippen molar-refractivity contribution in [3.8, 4) is 17.2 Å². The molecule has 29 heavy (non-hydrogen) atoms. The van der Waals surface area contributed by atoms with E-state index in [9.17, 15) is 0 Å². The quantitative estimate of drug-likeness (QED) is 0.754. The zero-order valence-electron chi connectivity index (χ0n) is 16.9. The van der Waals surface area contributed by atoms with Crippen LogP contribution >= 0.6 is 0 Å². The molecule has 154 valence electrons. The van der Waals surface area contributed by atoms with Crippen LogP contribution in [0.15, 0.2) is 29.2 Å². The highest BCUT2D eigenvalue weighted by molar-refractivity contribution is 5.65. The molecule has 0 spiro atoms. The molecule has 0 saturated carbocycles. The SMILES string of the molecule is COc1c2c(cc3c1[C@H]1C(=CC4=C(OCO4)[C@H]1OC)[C@H]1O[C@@H]3[C@H](C)[C@@H]1C)OCO2. The van der Waals surface area contributed by atoms with Crippen molar-refractivity contribution >= 4 is 0 Å². The molecular formula is C22H24O7. The van der Waals surface area contributed by atoms with Crippen LogP contribution in [-0.4, -0.2) is 40.0 Å². The van der Waals surface area contributed by atoms with E-state index in [0.717, 1.165) is 28.2 Å². The first-order valence-electron chi connectivity index (χ1n) is 10.0. The molecule has 0 N–H and O–H groups in total. The second-order valence-corrected chi connectivity index (χ2v) is 8.26. The standard InChI is InChI=1S/C22H24O7/c1-9-10(2)18-12-6-14-20(28-8-26-14)22(24-4)16(12)15-11(17(9)29-18)5-13-19(21(15)23-3)27-7-25-13/h5-6,9-10,15,17-18,21H,7-8H2,1-4H3/t9-,10+,15+,17-,18+,21-/m0/s1. The fourth-order valence-corrected chi connectivity index (χ4v) is 5.52. The van der Waals surface area contributed by atoms with Crippen LogP contribution in [0.25, 0.3) is 0 Å². The van der Waals surface area contributed by atoms with Crippen molar-refractivity contribution in [3.05, 3.63) is 40.4 Å². The van der Waals surface area contributed by atoms with E-state index in [1.807, 2.05) is 0 Å². The lowest BCUT2D eigenvalue weighted by molar-refractivity contribution is 0.0229. The first-order valence-corrected chi connectivity index (χ1v) is 10.0. The summed E-state index contributed by atoms with van der Waals surface area (Å²) < 4.78 is 41.6. The molecule has 0 aromatic heterocycles. The average Bonchev–Trinajstić information content (AvgIpc) is 3.43. The summed E-state index contributed by atoms with van der Waals surface area (Å²) in [7, 11) is 3.37. The first-order chi connectivity index (χ1) is 14.1. The molecule has 4 heterocycles. The van der Waals surface area contributed by atoms with Crippen LogP contribution in [0.2, 0.25) is 0 Å². The fraction of sp³-hybridized carbons (Fsp3) is 0.545. The molecular weight excluding hydrogens is 376 g/mol. The minimum atomic E-state index is -0.328. The Kier molecular flexibility index (Phi) is 3.65. The predicted octanol–water partition coefficient (Wildman–Crippen LogP) is 3.40. The van der Waals surface area contributed by atoms with E-state index in [2.05, 4.69) is 26.0 Å². The maximum atomic E-state index is 6.65. The van der Waals surface area contributed by atoms with Gasteiger partial charge in [-0.2, -0.15) is 0 Å². The molecule has 6 rings (SSSR count). The van der Waals surface area contributed by atoms with Crippen LogP contribution in [0.1, 0.15) is 37.0 Å². The van der Waals surface area contributed by atoms with Gasteiger partial charge in [0.25, 0.3) is 0 Å². The average molecular weight is 400 g/mol. The summed E-state index contributed by atoms with van der Waals surface area (Å²) in [4.78, 5) is 0. The molecule has 1 fully saturated rings. The summed E-state index contributed by atoms with van der Waals surface area (Å²) in [6.45, 7) is 4.88. The Bertz CT molecular complexity index is 949. The molecule has 2 bridgehead atoms. The van der Waals surface area contributed by atoms with Gasteiger partial charge in [0.15, 0.2) is 23.0 Å². The van der Waals surface area contributed by atoms with E-state index in [1.165, 1.54) is 0 Å². The van der Waals surface area contributed by atoms with Crippen molar-refractivity contribution in [3.63, 3.8) is 0 Å². The summed E-state index contributed by atoms with van der Waals surface area (Å²) >= 11 is 0. The van der Waals surface area contributed by atoms with Crippen LogP contribution in [0.3, 0.4) is 0 Å². The summed E-state index contributed by atoms with van der Waals surface area (Å²) in [5.41, 5.74) is 3.24. The third kappa shape index (κ3) is 2.15. The summed E-state index contributed by atoms with van der Waals surface area (Å²) in [6.07, 6.45) is 1.66. The first kappa shape index (κ1) is 17.5. The van der Waals surface area contributed by atoms with Crippen molar-refractivity contribution in [2.75, 3.05) is 27.8 Å². The van der Waals surface area contributed by atoms with Gasteiger partial charge in [0, 0.05) is 18.6 Å². The van der Waals surface area contributed by atoms with Crippen molar-refractivity contribution < 1.29 is 33.2 Å². The molecule has 4 aliphatic heterocycles. The Morgan fingerprint density at radius 2 is 1.76 bits per heavy atom. The lowest BCUT2D eigenvalue weighted by Crippen LogP contribution is -2.35. The summed E-state index contributed by atoms with van der Waals surface area (Å²) in [6, 6.07) is 2.06. The van der Waals surface area contributed by atoms with Gasteiger partial charge in [-0.15, -0.1) is 0 Å². The number of allylic oxidation sites excluding steroid dienone is 1. The number of benzene rings is 1. The number of fused-ring (bicyclic) bond motifs is 8. The third-order valence-electron chi connectivity index (χ3n) is 7.06. The van der Waals surface area contributed by atoms with Crippen LogP contribution in [0.4, 0.5) is 0 Å². The van der Waals surface area contributed by atoms with Gasteiger partial charge >= 0.3 is 0 Å². The Balaban J connectivity index is 1.66. The van der Waals surface area contributed by atoms with Gasteiger partial charge in [-0.1, -0.05) is 13.8 Å². The van der Waals surface area contributed by atoms with Gasteiger partial charge < -0.3 is 33.2 Å². The molecule has 1 aliphatic carbocycles. The monoisotopic (exact) mass is 400 g/mol. The number of rotatable bonds is 2. The fourth-order valence-electron chi connectivity index (χ4n) is 5.52. The largest absolute Gasteiger partial charge is 0.492 e. The van der Waals surface area contributed by atoms with Crippen molar-refractivity contribution in [1.82, 2.24) is 0 Å². The van der Waals surface area contributed by atoms with E-state index in [4.69, 9.17) is 33.2 Å². The normalized spacial score (nSPS) is 35.8. The number of hydrogen-bond acceptors (Lipinski definition) is 7. The highest BCUT2D eigenvalue weighted by atomic mass is 16.7. The van der Waals surface area contributed by atoms with Crippen LogP contribution in [-0.2, 0) is 18.9 Å². The summed E-state index contributed by atoms with van der Waals surface area (Å²) in [5.74, 6) is 4.05. The number of hydrogen-bond donors (Lipinski definition) is 0. The molecule has 5 aliphatic rings. The third-order valence-corrected chi connectivity index (χ3v) is 7.06. The van der Waals surface area contributed by atoms with Crippen LogP contribution in [0, 0.1) is 11.8 Å². The number of ether oxygens (including phenoxy) is 7. The predicted molar refractivity (Wildman–Crippen MR) is 101 cm³/mol. The number of methoxy groups -OCH3 is 2. The molecule has 1 saturated heterocycles. The van der Waals surface area contributed by atoms with Gasteiger partial charge in [0.2, 0.25) is 19.3 Å². The maximum absolute atomic E-state index is 6.65. The topological polar surface area (TPSA) is 64.6 Å². The van der Waals surface area contributed by atoms with E-state index in [-0.39, 0.29) is 37.8 Å². The molecule has 1 aromatic rings. The van der Waals surface area contributed by atoms with Gasteiger partial charge in [0.1, 0.15) is 6.10 Å². The molecule has 0 radical (unpaired) electrons. The Labute approximate surface area is 169 Å². The molecule has 6 atom stereocenters. The van der Waals surface area contributed by atoms with E-state index >= 15 is 0 Å². The minimum Gasteiger partial charge on any atom is -0.492 e. The second kappa shape index (κ2) is 6.06. The van der Waals surface area contributed by atoms with Crippen molar-refractivity contribution in [2.45, 2.75) is 38.1 Å². The van der Waals surface area contributed by atoms with Gasteiger partial charge in [0.05, 0.1) is 19.3 Å². The Morgan fingerprint density at radius 1 is 0.966 bits per heavy atom. The second-order valence-electron chi connectivity index (χ2n) is 8.26. The highest BCUT2D eigenvalue weighted by Crippen LogP contribution is 2.60. The summed E-state index contributed by atoms with van der Waals surface area (Å²) in [5, 5.41) is 0.